The van der Waals surface area contributed by atoms with Crippen LogP contribution in [0.1, 0.15) is 33.6 Å². The molecule has 1 atom stereocenters. The molecule has 1 amide bonds. The summed E-state index contributed by atoms with van der Waals surface area (Å²) >= 11 is 0. The first kappa shape index (κ1) is 14.5. The van der Waals surface area contributed by atoms with Crippen molar-refractivity contribution in [3.05, 3.63) is 11.6 Å². The van der Waals surface area contributed by atoms with Crippen LogP contribution in [-0.4, -0.2) is 24.5 Å². The molecule has 0 radical (unpaired) electrons. The maximum absolute atomic E-state index is 11.5. The molecule has 0 aromatic heterocycles. The van der Waals surface area contributed by atoms with Gasteiger partial charge in [-0.05, 0) is 40.2 Å². The Labute approximate surface area is 98.1 Å². The van der Waals surface area contributed by atoms with E-state index in [1.165, 1.54) is 6.42 Å². The summed E-state index contributed by atoms with van der Waals surface area (Å²) in [6.07, 6.45) is 4.39. The summed E-state index contributed by atoms with van der Waals surface area (Å²) in [6.45, 7) is 6.88. The Kier molecular flexibility index (Phi) is 6.61. The highest BCUT2D eigenvalue weighted by Crippen LogP contribution is 2.08. The summed E-state index contributed by atoms with van der Waals surface area (Å²) in [7, 11) is 0. The van der Waals surface area contributed by atoms with Crippen LogP contribution in [0, 0.1) is 0 Å². The molecule has 4 heteroatoms. The molecule has 0 aromatic carbocycles. The zero-order valence-electron chi connectivity index (χ0n) is 9.67. The third-order valence-corrected chi connectivity index (χ3v) is 2.33. The lowest BCUT2D eigenvalue weighted by Gasteiger charge is -2.10. The number of nitrogens with one attached hydrogen (secondary N) is 2. The Balaban J connectivity index is 0.00000196. The van der Waals surface area contributed by atoms with E-state index in [2.05, 4.69) is 10.6 Å². The van der Waals surface area contributed by atoms with Gasteiger partial charge >= 0.3 is 0 Å². The minimum absolute atomic E-state index is 0. The molecule has 0 aromatic rings. The predicted molar refractivity (Wildman–Crippen MR) is 65.3 cm³/mol. The number of amides is 1. The van der Waals surface area contributed by atoms with Crippen LogP contribution in [0.15, 0.2) is 11.6 Å². The molecule has 2 N–H and O–H groups in total. The molecule has 0 spiro atoms. The SMILES string of the molecule is C/C(=C/[C@@H]1CCCN1)C(=O)NC(C)C.Cl. The van der Waals surface area contributed by atoms with Crippen LogP contribution >= 0.6 is 12.4 Å². The number of hydrogen-bond acceptors (Lipinski definition) is 2. The van der Waals surface area contributed by atoms with Crippen LogP contribution < -0.4 is 10.6 Å². The maximum atomic E-state index is 11.5. The number of rotatable bonds is 3. The van der Waals surface area contributed by atoms with E-state index in [0.717, 1.165) is 18.5 Å². The predicted octanol–water partition coefficient (Wildman–Crippen LogP) is 1.63. The van der Waals surface area contributed by atoms with Crippen molar-refractivity contribution in [1.29, 1.82) is 0 Å². The average molecular weight is 233 g/mol. The Hall–Kier alpha value is -0.540. The van der Waals surface area contributed by atoms with Crippen molar-refractivity contribution in [1.82, 2.24) is 10.6 Å². The van der Waals surface area contributed by atoms with Gasteiger partial charge in [-0.3, -0.25) is 4.79 Å². The summed E-state index contributed by atoms with van der Waals surface area (Å²) in [5.41, 5.74) is 0.818. The quantitative estimate of drug-likeness (QED) is 0.727. The van der Waals surface area contributed by atoms with Crippen molar-refractivity contribution in [2.75, 3.05) is 6.54 Å². The minimum atomic E-state index is 0. The van der Waals surface area contributed by atoms with E-state index in [9.17, 15) is 4.79 Å². The molecule has 1 heterocycles. The molecule has 0 aliphatic carbocycles. The second-order valence-electron chi connectivity index (χ2n) is 4.18. The third-order valence-electron chi connectivity index (χ3n) is 2.33. The first-order valence-electron chi connectivity index (χ1n) is 5.32. The Morgan fingerprint density at radius 2 is 2.20 bits per heavy atom. The molecule has 0 bridgehead atoms. The lowest BCUT2D eigenvalue weighted by Crippen LogP contribution is -2.31. The van der Waals surface area contributed by atoms with Gasteiger partial charge < -0.3 is 10.6 Å². The highest BCUT2D eigenvalue weighted by atomic mass is 35.5. The van der Waals surface area contributed by atoms with Crippen LogP contribution in [0.3, 0.4) is 0 Å². The number of carbonyl (C=O) groups is 1. The number of halogens is 1. The van der Waals surface area contributed by atoms with Gasteiger partial charge in [-0.2, -0.15) is 0 Å². The number of carbonyl (C=O) groups excluding carboxylic acids is 1. The van der Waals surface area contributed by atoms with Crippen LogP contribution in [-0.2, 0) is 4.79 Å². The van der Waals surface area contributed by atoms with E-state index in [1.54, 1.807) is 0 Å². The summed E-state index contributed by atoms with van der Waals surface area (Å²) in [4.78, 5) is 11.5. The molecule has 88 valence electrons. The summed E-state index contributed by atoms with van der Waals surface area (Å²) in [5, 5.41) is 6.22. The molecule has 1 saturated heterocycles. The van der Waals surface area contributed by atoms with E-state index in [-0.39, 0.29) is 24.4 Å². The van der Waals surface area contributed by atoms with E-state index in [0.29, 0.717) is 6.04 Å². The molecule has 3 nitrogen and oxygen atoms in total. The molecule has 1 rings (SSSR count). The largest absolute Gasteiger partial charge is 0.350 e. The molecule has 1 aliphatic heterocycles. The van der Waals surface area contributed by atoms with E-state index < -0.39 is 0 Å². The fourth-order valence-electron chi connectivity index (χ4n) is 1.61. The Morgan fingerprint density at radius 1 is 1.53 bits per heavy atom. The summed E-state index contributed by atoms with van der Waals surface area (Å²) in [6, 6.07) is 0.607. The van der Waals surface area contributed by atoms with Crippen LogP contribution in [0.2, 0.25) is 0 Å². The standard InChI is InChI=1S/C11H20N2O.ClH/c1-8(2)13-11(14)9(3)7-10-5-4-6-12-10;/h7-8,10,12H,4-6H2,1-3H3,(H,13,14);1H/b9-7-;/t10-;/m0./s1. The van der Waals surface area contributed by atoms with Crippen molar-refractivity contribution in [2.45, 2.75) is 45.7 Å². The zero-order valence-corrected chi connectivity index (χ0v) is 10.5. The third kappa shape index (κ3) is 5.19. The lowest BCUT2D eigenvalue weighted by atomic mass is 10.1. The first-order valence-corrected chi connectivity index (χ1v) is 5.32. The fraction of sp³-hybridized carbons (Fsp3) is 0.727. The van der Waals surface area contributed by atoms with Crippen LogP contribution in [0.5, 0.6) is 0 Å². The average Bonchev–Trinajstić information content (AvgIpc) is 2.55. The first-order chi connectivity index (χ1) is 6.59. The van der Waals surface area contributed by atoms with Gasteiger partial charge in [0, 0.05) is 17.7 Å². The Bertz CT molecular complexity index is 233. The van der Waals surface area contributed by atoms with Gasteiger partial charge in [-0.25, -0.2) is 0 Å². The van der Waals surface area contributed by atoms with Crippen molar-refractivity contribution in [3.63, 3.8) is 0 Å². The number of hydrogen-bond donors (Lipinski definition) is 2. The zero-order chi connectivity index (χ0) is 10.6. The highest BCUT2D eigenvalue weighted by Gasteiger charge is 2.13. The second kappa shape index (κ2) is 6.85. The second-order valence-corrected chi connectivity index (χ2v) is 4.18. The van der Waals surface area contributed by atoms with Gasteiger partial charge in [-0.1, -0.05) is 6.08 Å². The van der Waals surface area contributed by atoms with Gasteiger partial charge in [0.15, 0.2) is 0 Å². The van der Waals surface area contributed by atoms with Gasteiger partial charge in [0.2, 0.25) is 5.91 Å². The lowest BCUT2D eigenvalue weighted by molar-refractivity contribution is -0.117. The molecule has 15 heavy (non-hydrogen) atoms. The highest BCUT2D eigenvalue weighted by molar-refractivity contribution is 5.93. The fourth-order valence-corrected chi connectivity index (χ4v) is 1.61. The van der Waals surface area contributed by atoms with Crippen molar-refractivity contribution >= 4 is 18.3 Å². The van der Waals surface area contributed by atoms with Crippen LogP contribution in [0.25, 0.3) is 0 Å². The molecule has 1 fully saturated rings. The smallest absolute Gasteiger partial charge is 0.246 e. The van der Waals surface area contributed by atoms with Gasteiger partial charge in [0.25, 0.3) is 0 Å². The van der Waals surface area contributed by atoms with Crippen LogP contribution in [0.4, 0.5) is 0 Å². The molecule has 0 saturated carbocycles. The molecular formula is C11H21ClN2O. The molecule has 0 unspecified atom stereocenters. The van der Waals surface area contributed by atoms with Gasteiger partial charge in [0.05, 0.1) is 0 Å². The van der Waals surface area contributed by atoms with Crippen molar-refractivity contribution < 1.29 is 4.79 Å². The topological polar surface area (TPSA) is 41.1 Å². The summed E-state index contributed by atoms with van der Waals surface area (Å²) in [5.74, 6) is 0.0497. The minimum Gasteiger partial charge on any atom is -0.350 e. The van der Waals surface area contributed by atoms with E-state index >= 15 is 0 Å². The monoisotopic (exact) mass is 232 g/mol. The van der Waals surface area contributed by atoms with Crippen molar-refractivity contribution in [2.24, 2.45) is 0 Å². The van der Waals surface area contributed by atoms with Gasteiger partial charge in [0.1, 0.15) is 0 Å². The normalized spacial score (nSPS) is 21.3. The van der Waals surface area contributed by atoms with E-state index in [1.807, 2.05) is 26.8 Å². The Morgan fingerprint density at radius 3 is 2.67 bits per heavy atom. The van der Waals surface area contributed by atoms with E-state index in [4.69, 9.17) is 0 Å². The van der Waals surface area contributed by atoms with Crippen molar-refractivity contribution in [3.8, 4) is 0 Å². The summed E-state index contributed by atoms with van der Waals surface area (Å²) < 4.78 is 0. The maximum Gasteiger partial charge on any atom is 0.246 e. The molecule has 1 aliphatic rings. The van der Waals surface area contributed by atoms with Gasteiger partial charge in [-0.15, -0.1) is 12.4 Å². The molecular weight excluding hydrogens is 212 g/mol.